The Kier molecular flexibility index (Phi) is 4.45. The Morgan fingerprint density at radius 2 is 2.46 bits per heavy atom. The molecule has 2 nitrogen and oxygen atoms in total. The van der Waals surface area contributed by atoms with Gasteiger partial charge in [0.1, 0.15) is 0 Å². The molecule has 0 bridgehead atoms. The predicted molar refractivity (Wildman–Crippen MR) is 60.4 cm³/mol. The Morgan fingerprint density at radius 1 is 1.69 bits per heavy atom. The van der Waals surface area contributed by atoms with Crippen LogP contribution in [-0.4, -0.2) is 11.6 Å². The maximum absolute atomic E-state index is 5.40. The molecule has 0 N–H and O–H groups in total. The second-order valence-electron chi connectivity index (χ2n) is 2.58. The number of hydrogen-bond donors (Lipinski definition) is 1. The average Bonchev–Trinajstić information content (AvgIpc) is 2.18. The molecule has 0 spiro atoms. The highest BCUT2D eigenvalue weighted by molar-refractivity contribution is 8.68. The van der Waals surface area contributed by atoms with Gasteiger partial charge in [-0.25, -0.2) is 4.98 Å². The molecule has 0 fully saturated rings. The molecule has 13 heavy (non-hydrogen) atoms. The van der Waals surface area contributed by atoms with Crippen LogP contribution in [0.4, 0.5) is 0 Å². The van der Waals surface area contributed by atoms with E-state index in [1.165, 1.54) is 10.8 Å². The summed E-state index contributed by atoms with van der Waals surface area (Å²) < 4.78 is 5.40. The number of rotatable bonds is 4. The van der Waals surface area contributed by atoms with Gasteiger partial charge in [0.05, 0.1) is 6.61 Å². The molecule has 1 rings (SSSR count). The summed E-state index contributed by atoms with van der Waals surface area (Å²) in [6.07, 6.45) is 1.74. The molecule has 0 aromatic carbocycles. The van der Waals surface area contributed by atoms with Crippen molar-refractivity contribution in [1.82, 2.24) is 4.98 Å². The lowest BCUT2D eigenvalue weighted by Gasteiger charge is -2.12. The fraction of sp³-hybridized carbons (Fsp3) is 0.444. The minimum atomic E-state index is 0.304. The molecule has 1 unspecified atom stereocenters. The Bertz CT molecular complexity index is 268. The lowest BCUT2D eigenvalue weighted by Crippen LogP contribution is -1.99. The van der Waals surface area contributed by atoms with Gasteiger partial charge in [0, 0.05) is 17.0 Å². The highest BCUT2D eigenvalue weighted by atomic mass is 33.1. The van der Waals surface area contributed by atoms with Gasteiger partial charge in [0.2, 0.25) is 5.88 Å². The first kappa shape index (κ1) is 10.7. The quantitative estimate of drug-likeness (QED) is 0.616. The van der Waals surface area contributed by atoms with Crippen LogP contribution in [0.2, 0.25) is 0 Å². The van der Waals surface area contributed by atoms with Crippen LogP contribution in [0.15, 0.2) is 18.3 Å². The van der Waals surface area contributed by atoms with Crippen LogP contribution < -0.4 is 4.74 Å². The molecule has 72 valence electrons. The number of aromatic nitrogens is 1. The normalized spacial score (nSPS) is 12.5. The van der Waals surface area contributed by atoms with E-state index in [9.17, 15) is 0 Å². The van der Waals surface area contributed by atoms with E-state index in [0.717, 1.165) is 11.4 Å². The Balaban J connectivity index is 2.90. The second kappa shape index (κ2) is 5.40. The predicted octanol–water partition coefficient (Wildman–Crippen LogP) is 3.12. The summed E-state index contributed by atoms with van der Waals surface area (Å²) in [7, 11) is 1.49. The van der Waals surface area contributed by atoms with Gasteiger partial charge in [-0.2, -0.15) is 0 Å². The van der Waals surface area contributed by atoms with E-state index in [1.807, 2.05) is 19.1 Å². The number of nitrogens with zero attached hydrogens (tertiary/aromatic N) is 1. The summed E-state index contributed by atoms with van der Waals surface area (Å²) in [6, 6.07) is 3.93. The van der Waals surface area contributed by atoms with Crippen molar-refractivity contribution >= 4 is 22.5 Å². The summed E-state index contributed by atoms with van der Waals surface area (Å²) in [5, 5.41) is 0.304. The lowest BCUT2D eigenvalue weighted by molar-refractivity contribution is 0.323. The van der Waals surface area contributed by atoms with Gasteiger partial charge in [0.25, 0.3) is 0 Å². The molecule has 0 aliphatic carbocycles. The van der Waals surface area contributed by atoms with E-state index >= 15 is 0 Å². The molecule has 0 saturated heterocycles. The van der Waals surface area contributed by atoms with Gasteiger partial charge in [-0.15, -0.1) is 11.7 Å². The molecule has 0 saturated carbocycles. The van der Waals surface area contributed by atoms with Gasteiger partial charge >= 0.3 is 0 Å². The summed E-state index contributed by atoms with van der Waals surface area (Å²) in [4.78, 5) is 4.17. The fourth-order valence-corrected chi connectivity index (χ4v) is 1.66. The van der Waals surface area contributed by atoms with E-state index in [2.05, 4.69) is 23.6 Å². The highest BCUT2D eigenvalue weighted by Crippen LogP contribution is 2.34. The van der Waals surface area contributed by atoms with Gasteiger partial charge in [0.15, 0.2) is 0 Å². The van der Waals surface area contributed by atoms with E-state index in [-0.39, 0.29) is 0 Å². The molecule has 1 heterocycles. The number of thiol groups is 1. The lowest BCUT2D eigenvalue weighted by atomic mass is 10.2. The van der Waals surface area contributed by atoms with Crippen molar-refractivity contribution in [3.8, 4) is 5.88 Å². The van der Waals surface area contributed by atoms with E-state index in [1.54, 1.807) is 6.20 Å². The summed E-state index contributed by atoms with van der Waals surface area (Å²) in [5.41, 5.74) is 1.10. The van der Waals surface area contributed by atoms with Crippen molar-refractivity contribution in [3.05, 3.63) is 23.9 Å². The van der Waals surface area contributed by atoms with Crippen LogP contribution in [-0.2, 0) is 0 Å². The summed E-state index contributed by atoms with van der Waals surface area (Å²) in [6.45, 7) is 4.68. The molecule has 1 atom stereocenters. The van der Waals surface area contributed by atoms with Crippen LogP contribution in [0.5, 0.6) is 5.88 Å². The second-order valence-corrected chi connectivity index (χ2v) is 4.13. The first-order valence-corrected chi connectivity index (χ1v) is 6.10. The Morgan fingerprint density at radius 3 is 3.08 bits per heavy atom. The zero-order chi connectivity index (χ0) is 9.68. The molecule has 1 aromatic heterocycles. The maximum atomic E-state index is 5.40. The fourth-order valence-electron chi connectivity index (χ4n) is 1.03. The molecule has 0 aliphatic heterocycles. The van der Waals surface area contributed by atoms with E-state index < -0.39 is 0 Å². The molecule has 4 heteroatoms. The average molecular weight is 215 g/mol. The van der Waals surface area contributed by atoms with Crippen molar-refractivity contribution in [2.45, 2.75) is 19.1 Å². The van der Waals surface area contributed by atoms with Gasteiger partial charge in [-0.05, 0) is 19.9 Å². The van der Waals surface area contributed by atoms with Crippen LogP contribution in [0.25, 0.3) is 0 Å². The maximum Gasteiger partial charge on any atom is 0.217 e. The van der Waals surface area contributed by atoms with Crippen LogP contribution >= 0.6 is 22.5 Å². The van der Waals surface area contributed by atoms with E-state index in [4.69, 9.17) is 4.74 Å². The largest absolute Gasteiger partial charge is 0.478 e. The minimum absolute atomic E-state index is 0.304. The molecular weight excluding hydrogens is 202 g/mol. The zero-order valence-corrected chi connectivity index (χ0v) is 9.44. The monoisotopic (exact) mass is 215 g/mol. The topological polar surface area (TPSA) is 22.1 Å². The van der Waals surface area contributed by atoms with Crippen LogP contribution in [0.3, 0.4) is 0 Å². The van der Waals surface area contributed by atoms with Gasteiger partial charge < -0.3 is 4.74 Å². The standard InChI is InChI=1S/C9H13NOS2/c1-3-11-9-8(7(2)13-12)5-4-6-10-9/h4-7,12H,3H2,1-2H3. The molecular formula is C9H13NOS2. The minimum Gasteiger partial charge on any atom is -0.478 e. The van der Waals surface area contributed by atoms with Crippen molar-refractivity contribution in [2.24, 2.45) is 0 Å². The third-order valence-corrected chi connectivity index (χ3v) is 3.20. The first-order valence-electron chi connectivity index (χ1n) is 4.17. The van der Waals surface area contributed by atoms with Crippen LogP contribution in [0, 0.1) is 0 Å². The zero-order valence-electron chi connectivity index (χ0n) is 7.73. The van der Waals surface area contributed by atoms with Gasteiger partial charge in [-0.1, -0.05) is 16.9 Å². The molecule has 0 aliphatic rings. The third kappa shape index (κ3) is 2.81. The first-order chi connectivity index (χ1) is 6.29. The summed E-state index contributed by atoms with van der Waals surface area (Å²) >= 11 is 4.18. The number of ether oxygens (including phenoxy) is 1. The van der Waals surface area contributed by atoms with Crippen molar-refractivity contribution < 1.29 is 4.74 Å². The van der Waals surface area contributed by atoms with Crippen molar-refractivity contribution in [2.75, 3.05) is 6.61 Å². The molecule has 0 radical (unpaired) electrons. The summed E-state index contributed by atoms with van der Waals surface area (Å²) in [5.74, 6) is 0.721. The Hall–Kier alpha value is -0.350. The third-order valence-electron chi connectivity index (χ3n) is 1.68. The highest BCUT2D eigenvalue weighted by Gasteiger charge is 2.10. The molecule has 0 amide bonds. The SMILES string of the molecule is CCOc1ncccc1C(C)SS. The molecule has 1 aromatic rings. The smallest absolute Gasteiger partial charge is 0.217 e. The van der Waals surface area contributed by atoms with Crippen molar-refractivity contribution in [3.63, 3.8) is 0 Å². The van der Waals surface area contributed by atoms with E-state index in [0.29, 0.717) is 11.9 Å². The van der Waals surface area contributed by atoms with Gasteiger partial charge in [-0.3, -0.25) is 0 Å². The van der Waals surface area contributed by atoms with Crippen molar-refractivity contribution in [1.29, 1.82) is 0 Å². The number of hydrogen-bond acceptors (Lipinski definition) is 4. The van der Waals surface area contributed by atoms with Crippen LogP contribution in [0.1, 0.15) is 24.7 Å². The number of pyridine rings is 1. The Labute approximate surface area is 87.9 Å².